The maximum Gasteiger partial charge on any atom is 0.241 e. The fourth-order valence-electron chi connectivity index (χ4n) is 5.09. The van der Waals surface area contributed by atoms with E-state index >= 15 is 4.39 Å². The van der Waals surface area contributed by atoms with Crippen LogP contribution in [-0.2, 0) is 16.6 Å². The van der Waals surface area contributed by atoms with Gasteiger partial charge in [-0.2, -0.15) is 0 Å². The summed E-state index contributed by atoms with van der Waals surface area (Å²) in [6.07, 6.45) is 8.52. The van der Waals surface area contributed by atoms with E-state index in [1.165, 1.54) is 6.07 Å². The number of aryl methyl sites for hydroxylation is 1. The molecule has 1 saturated carbocycles. The molecule has 1 fully saturated rings. The summed E-state index contributed by atoms with van der Waals surface area (Å²) in [6.45, 7) is 2.07. The molecule has 1 amide bonds. The minimum Gasteiger partial charge on any atom is -0.383 e. The fourth-order valence-corrected chi connectivity index (χ4v) is 5.25. The number of amides is 1. The maximum atomic E-state index is 15.1. The number of imidazole rings is 1. The van der Waals surface area contributed by atoms with Crippen molar-refractivity contribution in [2.75, 3.05) is 11.1 Å². The number of aromatic nitrogens is 5. The number of nitrogens with zero attached hydrogens (tertiary/aromatic N) is 5. The van der Waals surface area contributed by atoms with E-state index in [0.717, 1.165) is 37.0 Å². The minimum atomic E-state index is -1.29. The second kappa shape index (κ2) is 7.46. The first-order valence-electron chi connectivity index (χ1n) is 11.2. The van der Waals surface area contributed by atoms with Gasteiger partial charge in [-0.25, -0.2) is 24.3 Å². The largest absolute Gasteiger partial charge is 0.383 e. The molecular weight excluding hydrogens is 457 g/mol. The van der Waals surface area contributed by atoms with Gasteiger partial charge < -0.3 is 15.5 Å². The second-order valence-electron chi connectivity index (χ2n) is 8.80. The molecule has 10 heteroatoms. The van der Waals surface area contributed by atoms with Gasteiger partial charge in [0.05, 0.1) is 11.3 Å². The van der Waals surface area contributed by atoms with E-state index in [1.54, 1.807) is 24.5 Å². The van der Waals surface area contributed by atoms with Gasteiger partial charge in [0.1, 0.15) is 28.6 Å². The van der Waals surface area contributed by atoms with Crippen molar-refractivity contribution in [3.63, 3.8) is 0 Å². The molecule has 172 valence electrons. The lowest BCUT2D eigenvalue weighted by Crippen LogP contribution is -2.39. The molecule has 1 aromatic carbocycles. The van der Waals surface area contributed by atoms with E-state index in [-0.39, 0.29) is 34.1 Å². The lowest BCUT2D eigenvalue weighted by molar-refractivity contribution is -0.120. The van der Waals surface area contributed by atoms with E-state index in [4.69, 9.17) is 22.3 Å². The van der Waals surface area contributed by atoms with Crippen molar-refractivity contribution < 1.29 is 9.18 Å². The number of halogens is 2. The summed E-state index contributed by atoms with van der Waals surface area (Å²) in [5, 5.41) is 3.11. The number of benzene rings is 1. The summed E-state index contributed by atoms with van der Waals surface area (Å²) in [5.74, 6) is -0.302. The first-order valence-corrected chi connectivity index (χ1v) is 11.6. The molecule has 1 atom stereocenters. The van der Waals surface area contributed by atoms with E-state index < -0.39 is 11.2 Å². The lowest BCUT2D eigenvalue weighted by atomic mass is 9.71. The normalized spacial score (nSPS) is 19.4. The Labute approximate surface area is 199 Å². The topological polar surface area (TPSA) is 111 Å². The van der Waals surface area contributed by atoms with Crippen molar-refractivity contribution in [1.29, 1.82) is 0 Å². The Bertz CT molecular complexity index is 1480. The smallest absolute Gasteiger partial charge is 0.241 e. The number of rotatable bonds is 5. The van der Waals surface area contributed by atoms with E-state index in [9.17, 15) is 4.79 Å². The lowest BCUT2D eigenvalue weighted by Gasteiger charge is -2.29. The molecule has 2 aliphatic rings. The number of nitrogens with two attached hydrogens (primary N) is 1. The third-order valence-corrected chi connectivity index (χ3v) is 6.86. The van der Waals surface area contributed by atoms with Crippen LogP contribution >= 0.6 is 11.6 Å². The zero-order chi connectivity index (χ0) is 23.6. The van der Waals surface area contributed by atoms with Gasteiger partial charge in [-0.3, -0.25) is 4.79 Å². The summed E-state index contributed by atoms with van der Waals surface area (Å²) < 4.78 is 17.0. The molecule has 8 nitrogen and oxygen atoms in total. The highest BCUT2D eigenvalue weighted by Gasteiger charge is 2.60. The number of fused-ring (bicyclic) bond motifs is 2. The molecule has 6 rings (SSSR count). The van der Waals surface area contributed by atoms with Gasteiger partial charge in [-0.05, 0) is 37.3 Å². The molecule has 0 saturated heterocycles. The molecule has 1 unspecified atom stereocenters. The molecule has 0 radical (unpaired) electrons. The SMILES string of the molecule is CCCc1nc(-c2nc(N)c3c(n2)NC(=O)C3(c2ccc(Cl)cc2F)C2CC2)cn2ccnc12. The fraction of sp³-hybridized carbons (Fsp3) is 0.292. The van der Waals surface area contributed by atoms with Gasteiger partial charge in [0, 0.05) is 29.2 Å². The van der Waals surface area contributed by atoms with Crippen LogP contribution in [0, 0.1) is 11.7 Å². The van der Waals surface area contributed by atoms with E-state index in [1.807, 2.05) is 10.6 Å². The number of anilines is 2. The highest BCUT2D eigenvalue weighted by atomic mass is 35.5. The van der Waals surface area contributed by atoms with Crippen LogP contribution in [0.3, 0.4) is 0 Å². The van der Waals surface area contributed by atoms with E-state index in [2.05, 4.69) is 27.2 Å². The third kappa shape index (κ3) is 2.93. The minimum absolute atomic E-state index is 0.0993. The maximum absolute atomic E-state index is 15.1. The van der Waals surface area contributed by atoms with Crippen LogP contribution in [0.4, 0.5) is 16.0 Å². The van der Waals surface area contributed by atoms with Gasteiger partial charge in [-0.1, -0.05) is 31.0 Å². The summed E-state index contributed by atoms with van der Waals surface area (Å²) in [6, 6.07) is 4.36. The average Bonchev–Trinajstić information content (AvgIpc) is 3.45. The van der Waals surface area contributed by atoms with Gasteiger partial charge in [0.2, 0.25) is 5.91 Å². The second-order valence-corrected chi connectivity index (χ2v) is 9.23. The van der Waals surface area contributed by atoms with Crippen molar-refractivity contribution in [3.05, 3.63) is 64.5 Å². The van der Waals surface area contributed by atoms with Crippen molar-refractivity contribution in [2.45, 2.75) is 38.0 Å². The Hall–Kier alpha value is -3.59. The van der Waals surface area contributed by atoms with Crippen molar-refractivity contribution in [2.24, 2.45) is 5.92 Å². The molecule has 4 heterocycles. The van der Waals surface area contributed by atoms with Crippen LogP contribution in [0.25, 0.3) is 17.2 Å². The van der Waals surface area contributed by atoms with Crippen LogP contribution in [0.15, 0.2) is 36.8 Å². The molecule has 1 aliphatic heterocycles. The van der Waals surface area contributed by atoms with E-state index in [0.29, 0.717) is 17.1 Å². The number of nitrogens with one attached hydrogen (secondary N) is 1. The van der Waals surface area contributed by atoms with Crippen LogP contribution in [-0.4, -0.2) is 30.2 Å². The summed E-state index contributed by atoms with van der Waals surface area (Å²) in [5.41, 5.74) is 7.96. The molecule has 34 heavy (non-hydrogen) atoms. The van der Waals surface area contributed by atoms with Gasteiger partial charge in [0.15, 0.2) is 11.5 Å². The predicted octanol–water partition coefficient (Wildman–Crippen LogP) is 4.16. The van der Waals surface area contributed by atoms with Gasteiger partial charge in [-0.15, -0.1) is 0 Å². The summed E-state index contributed by atoms with van der Waals surface area (Å²) >= 11 is 5.99. The Morgan fingerprint density at radius 3 is 2.85 bits per heavy atom. The molecule has 3 N–H and O–H groups in total. The Morgan fingerprint density at radius 1 is 1.29 bits per heavy atom. The Kier molecular flexibility index (Phi) is 4.60. The number of nitrogen functional groups attached to an aromatic ring is 1. The van der Waals surface area contributed by atoms with Gasteiger partial charge in [0.25, 0.3) is 0 Å². The number of hydrogen-bond acceptors (Lipinski definition) is 6. The van der Waals surface area contributed by atoms with Crippen LogP contribution in [0.5, 0.6) is 0 Å². The number of hydrogen-bond donors (Lipinski definition) is 2. The average molecular weight is 478 g/mol. The van der Waals surface area contributed by atoms with Crippen molar-refractivity contribution in [1.82, 2.24) is 24.3 Å². The monoisotopic (exact) mass is 477 g/mol. The van der Waals surface area contributed by atoms with Crippen LogP contribution in [0.2, 0.25) is 5.02 Å². The zero-order valence-corrected chi connectivity index (χ0v) is 19.1. The summed E-state index contributed by atoms with van der Waals surface area (Å²) in [7, 11) is 0. The standard InChI is InChI=1S/C24H21ClFN7O/c1-2-3-16-22-28-8-9-33(22)11-17(29-16)20-30-19(27)18-21(31-20)32-23(34)24(18,12-4-5-12)14-7-6-13(25)10-15(14)26/h6-12H,2-5H2,1H3,(H3,27,30,31,32,34). The first-order chi connectivity index (χ1) is 16.4. The molecule has 4 aromatic rings. The zero-order valence-electron chi connectivity index (χ0n) is 18.3. The quantitative estimate of drug-likeness (QED) is 0.446. The van der Waals surface area contributed by atoms with Crippen LogP contribution in [0.1, 0.15) is 43.0 Å². The molecule has 0 bridgehead atoms. The molecule has 1 aliphatic carbocycles. The number of carbonyl (C=O) groups excluding carboxylic acids is 1. The predicted molar refractivity (Wildman–Crippen MR) is 126 cm³/mol. The van der Waals surface area contributed by atoms with Crippen LogP contribution < -0.4 is 11.1 Å². The van der Waals surface area contributed by atoms with Gasteiger partial charge >= 0.3 is 0 Å². The third-order valence-electron chi connectivity index (χ3n) is 6.63. The highest BCUT2D eigenvalue weighted by Crippen LogP contribution is 2.58. The Balaban J connectivity index is 1.54. The summed E-state index contributed by atoms with van der Waals surface area (Å²) in [4.78, 5) is 31.8. The molecule has 3 aromatic heterocycles. The molecular formula is C24H21ClFN7O. The first kappa shape index (κ1) is 21.0. The molecule has 0 spiro atoms. The highest BCUT2D eigenvalue weighted by molar-refractivity contribution is 6.30. The number of carbonyl (C=O) groups is 1. The Morgan fingerprint density at radius 2 is 2.12 bits per heavy atom. The van der Waals surface area contributed by atoms with Crippen molar-refractivity contribution >= 4 is 34.8 Å². The van der Waals surface area contributed by atoms with Crippen molar-refractivity contribution in [3.8, 4) is 11.5 Å².